The van der Waals surface area contributed by atoms with E-state index in [2.05, 4.69) is 12.0 Å². The van der Waals surface area contributed by atoms with E-state index in [4.69, 9.17) is 11.6 Å². The van der Waals surface area contributed by atoms with Gasteiger partial charge >= 0.3 is 0 Å². The summed E-state index contributed by atoms with van der Waals surface area (Å²) in [7, 11) is 0. The van der Waals surface area contributed by atoms with Crippen molar-refractivity contribution in [2.24, 2.45) is 0 Å². The van der Waals surface area contributed by atoms with E-state index in [1.807, 2.05) is 33.8 Å². The summed E-state index contributed by atoms with van der Waals surface area (Å²) in [6, 6.07) is 7.61. The highest BCUT2D eigenvalue weighted by atomic mass is 35.5. The van der Waals surface area contributed by atoms with Gasteiger partial charge in [0.25, 0.3) is 5.91 Å². The Hall–Kier alpha value is -1.81. The third kappa shape index (κ3) is 3.27. The van der Waals surface area contributed by atoms with Gasteiger partial charge in [-0.25, -0.2) is 4.68 Å². The Morgan fingerprint density at radius 2 is 1.96 bits per heavy atom. The van der Waals surface area contributed by atoms with Crippen LogP contribution in [0.2, 0.25) is 5.02 Å². The number of likely N-dealkylation sites (tertiary alicyclic amines) is 1. The average molecular weight is 332 g/mol. The molecule has 1 saturated heterocycles. The largest absolute Gasteiger partial charge is 0.339 e. The lowest BCUT2D eigenvalue weighted by molar-refractivity contribution is 0.0723. The van der Waals surface area contributed by atoms with Crippen LogP contribution in [-0.2, 0) is 6.42 Å². The van der Waals surface area contributed by atoms with Gasteiger partial charge in [0.05, 0.1) is 28.2 Å². The lowest BCUT2D eigenvalue weighted by atomic mass is 10.1. The lowest BCUT2D eigenvalue weighted by Gasteiger charge is -2.26. The number of nitrogens with zero attached hydrogens (tertiary/aromatic N) is 3. The summed E-state index contributed by atoms with van der Waals surface area (Å²) in [6.07, 6.45) is 6.85. The zero-order chi connectivity index (χ0) is 16.2. The highest BCUT2D eigenvalue weighted by Crippen LogP contribution is 2.24. The molecule has 0 saturated carbocycles. The Kier molecular flexibility index (Phi) is 5.01. The van der Waals surface area contributed by atoms with Crippen LogP contribution < -0.4 is 0 Å². The van der Waals surface area contributed by atoms with Crippen LogP contribution in [0.5, 0.6) is 0 Å². The van der Waals surface area contributed by atoms with Crippen LogP contribution in [0.25, 0.3) is 5.69 Å². The molecule has 3 rings (SSSR count). The number of benzene rings is 1. The van der Waals surface area contributed by atoms with E-state index >= 15 is 0 Å². The van der Waals surface area contributed by atoms with E-state index in [1.54, 1.807) is 6.20 Å². The zero-order valence-corrected chi connectivity index (χ0v) is 14.2. The highest BCUT2D eigenvalue weighted by molar-refractivity contribution is 6.32. The predicted octanol–water partition coefficient (Wildman–Crippen LogP) is 4.10. The molecule has 1 amide bonds. The molecule has 0 aliphatic carbocycles. The molecule has 1 aromatic heterocycles. The van der Waals surface area contributed by atoms with Crippen LogP contribution in [-0.4, -0.2) is 33.7 Å². The van der Waals surface area contributed by atoms with Gasteiger partial charge in [-0.15, -0.1) is 0 Å². The van der Waals surface area contributed by atoms with Gasteiger partial charge in [-0.2, -0.15) is 5.10 Å². The summed E-state index contributed by atoms with van der Waals surface area (Å²) in [5.74, 6) is 0.103. The van der Waals surface area contributed by atoms with Crippen LogP contribution in [0.15, 0.2) is 30.5 Å². The van der Waals surface area contributed by atoms with E-state index in [0.717, 1.165) is 50.2 Å². The first-order chi connectivity index (χ1) is 11.2. The lowest BCUT2D eigenvalue weighted by Crippen LogP contribution is -2.36. The van der Waals surface area contributed by atoms with Gasteiger partial charge in [-0.1, -0.05) is 37.1 Å². The average Bonchev–Trinajstić information content (AvgIpc) is 2.99. The molecule has 1 fully saturated rings. The van der Waals surface area contributed by atoms with Gasteiger partial charge in [0, 0.05) is 13.1 Å². The fourth-order valence-electron chi connectivity index (χ4n) is 3.13. The van der Waals surface area contributed by atoms with Crippen LogP contribution in [0.3, 0.4) is 0 Å². The highest BCUT2D eigenvalue weighted by Gasteiger charge is 2.24. The molecule has 2 heterocycles. The molecule has 1 aliphatic heterocycles. The van der Waals surface area contributed by atoms with Crippen molar-refractivity contribution in [2.75, 3.05) is 13.1 Å². The molecule has 0 spiro atoms. The number of para-hydroxylation sites is 1. The summed E-state index contributed by atoms with van der Waals surface area (Å²) in [5.41, 5.74) is 2.50. The summed E-state index contributed by atoms with van der Waals surface area (Å²) in [6.45, 7) is 3.81. The minimum absolute atomic E-state index is 0.103. The first kappa shape index (κ1) is 16.1. The Balaban J connectivity index is 1.98. The van der Waals surface area contributed by atoms with Crippen molar-refractivity contribution in [1.29, 1.82) is 0 Å². The number of aromatic nitrogens is 2. The van der Waals surface area contributed by atoms with Crippen LogP contribution in [0.4, 0.5) is 0 Å². The summed E-state index contributed by atoms with van der Waals surface area (Å²) in [4.78, 5) is 14.8. The molecule has 122 valence electrons. The fraction of sp³-hybridized carbons (Fsp3) is 0.444. The van der Waals surface area contributed by atoms with Crippen molar-refractivity contribution in [3.8, 4) is 5.69 Å². The number of rotatable bonds is 4. The first-order valence-electron chi connectivity index (χ1n) is 8.33. The molecule has 0 unspecified atom stereocenters. The predicted molar refractivity (Wildman–Crippen MR) is 92.3 cm³/mol. The summed E-state index contributed by atoms with van der Waals surface area (Å²) < 4.78 is 1.82. The van der Waals surface area contributed by atoms with Gasteiger partial charge in [0.15, 0.2) is 0 Å². The van der Waals surface area contributed by atoms with Crippen molar-refractivity contribution in [3.63, 3.8) is 0 Å². The van der Waals surface area contributed by atoms with Crippen LogP contribution in [0, 0.1) is 0 Å². The molecule has 1 aromatic carbocycles. The SMILES string of the molecule is CCCc1c(C(=O)N2CCCCC2)cnn1-c1ccccc1Cl. The molecule has 5 heteroatoms. The van der Waals surface area contributed by atoms with E-state index in [1.165, 1.54) is 6.42 Å². The smallest absolute Gasteiger partial charge is 0.257 e. The third-order valence-corrected chi connectivity index (χ3v) is 4.63. The molecule has 0 bridgehead atoms. The topological polar surface area (TPSA) is 38.1 Å². The Morgan fingerprint density at radius 1 is 1.22 bits per heavy atom. The number of halogens is 1. The summed E-state index contributed by atoms with van der Waals surface area (Å²) >= 11 is 6.31. The number of hydrogen-bond acceptors (Lipinski definition) is 2. The van der Waals surface area contributed by atoms with Crippen molar-refractivity contribution < 1.29 is 4.79 Å². The quantitative estimate of drug-likeness (QED) is 0.845. The molecule has 4 nitrogen and oxygen atoms in total. The number of amides is 1. The number of carbonyl (C=O) groups excluding carboxylic acids is 1. The van der Waals surface area contributed by atoms with Gasteiger partial charge in [-0.3, -0.25) is 4.79 Å². The monoisotopic (exact) mass is 331 g/mol. The van der Waals surface area contributed by atoms with Gasteiger partial charge in [0.2, 0.25) is 0 Å². The summed E-state index contributed by atoms with van der Waals surface area (Å²) in [5, 5.41) is 5.11. The Labute approximate surface area is 142 Å². The van der Waals surface area contributed by atoms with Gasteiger partial charge < -0.3 is 4.90 Å². The van der Waals surface area contributed by atoms with Crippen molar-refractivity contribution >= 4 is 17.5 Å². The molecular formula is C18H22ClN3O. The normalized spacial score (nSPS) is 15.0. The first-order valence-corrected chi connectivity index (χ1v) is 8.71. The van der Waals surface area contributed by atoms with E-state index in [0.29, 0.717) is 10.6 Å². The Bertz CT molecular complexity index is 689. The minimum atomic E-state index is 0.103. The second kappa shape index (κ2) is 7.18. The van der Waals surface area contributed by atoms with E-state index in [-0.39, 0.29) is 5.91 Å². The maximum absolute atomic E-state index is 12.9. The van der Waals surface area contributed by atoms with Gasteiger partial charge in [0.1, 0.15) is 0 Å². The molecule has 0 radical (unpaired) electrons. The maximum Gasteiger partial charge on any atom is 0.257 e. The molecule has 2 aromatic rings. The Morgan fingerprint density at radius 3 is 2.65 bits per heavy atom. The van der Waals surface area contributed by atoms with Crippen molar-refractivity contribution in [3.05, 3.63) is 46.7 Å². The maximum atomic E-state index is 12.9. The molecule has 0 atom stereocenters. The number of piperidine rings is 1. The number of hydrogen-bond donors (Lipinski definition) is 0. The van der Waals surface area contributed by atoms with Crippen molar-refractivity contribution in [2.45, 2.75) is 39.0 Å². The standard InChI is InChI=1S/C18H22ClN3O/c1-2-8-16-14(18(23)21-11-6-3-7-12-21)13-20-22(16)17-10-5-4-9-15(17)19/h4-5,9-10,13H,2-3,6-8,11-12H2,1H3. The molecular weight excluding hydrogens is 310 g/mol. The fourth-order valence-corrected chi connectivity index (χ4v) is 3.34. The van der Waals surface area contributed by atoms with Crippen molar-refractivity contribution in [1.82, 2.24) is 14.7 Å². The molecule has 0 N–H and O–H groups in total. The van der Waals surface area contributed by atoms with E-state index in [9.17, 15) is 4.79 Å². The molecule has 1 aliphatic rings. The van der Waals surface area contributed by atoms with Gasteiger partial charge in [-0.05, 0) is 37.8 Å². The van der Waals surface area contributed by atoms with E-state index < -0.39 is 0 Å². The molecule has 23 heavy (non-hydrogen) atoms. The second-order valence-electron chi connectivity index (χ2n) is 5.97. The minimum Gasteiger partial charge on any atom is -0.339 e. The second-order valence-corrected chi connectivity index (χ2v) is 6.38. The zero-order valence-electron chi connectivity index (χ0n) is 13.5. The third-order valence-electron chi connectivity index (χ3n) is 4.31. The number of carbonyl (C=O) groups is 1. The van der Waals surface area contributed by atoms with Crippen LogP contribution >= 0.6 is 11.6 Å². The van der Waals surface area contributed by atoms with Crippen LogP contribution in [0.1, 0.15) is 48.7 Å².